The lowest BCUT2D eigenvalue weighted by atomic mass is 10.0. The summed E-state index contributed by atoms with van der Waals surface area (Å²) in [5, 5.41) is 4.36. The van der Waals surface area contributed by atoms with Gasteiger partial charge >= 0.3 is 0 Å². The average molecular weight is 471 g/mol. The summed E-state index contributed by atoms with van der Waals surface area (Å²) in [6, 6.07) is 27.3. The van der Waals surface area contributed by atoms with E-state index in [1.54, 1.807) is 6.20 Å². The molecule has 0 unspecified atom stereocenters. The van der Waals surface area contributed by atoms with Crippen LogP contribution in [-0.2, 0) is 6.54 Å². The molecule has 6 rings (SSSR count). The number of anilines is 1. The molecule has 0 aliphatic heterocycles. The number of rotatable bonds is 5. The van der Waals surface area contributed by atoms with Crippen molar-refractivity contribution >= 4 is 27.8 Å². The van der Waals surface area contributed by atoms with Gasteiger partial charge in [-0.1, -0.05) is 48.5 Å². The minimum absolute atomic E-state index is 0.250. The maximum Gasteiger partial charge on any atom is 0.251 e. The van der Waals surface area contributed by atoms with Crippen LogP contribution in [0.15, 0.2) is 95.9 Å². The Morgan fingerprint density at radius 3 is 2.53 bits per heavy atom. The molecule has 0 radical (unpaired) electrons. The maximum absolute atomic E-state index is 12.5. The smallest absolute Gasteiger partial charge is 0.251 e. The van der Waals surface area contributed by atoms with Crippen LogP contribution in [0.1, 0.15) is 11.4 Å². The molecule has 0 atom stereocenters. The van der Waals surface area contributed by atoms with Gasteiger partial charge in [0.1, 0.15) is 5.52 Å². The highest BCUT2D eigenvalue weighted by Crippen LogP contribution is 2.33. The Balaban J connectivity index is 1.54. The molecule has 0 saturated heterocycles. The molecular formula is C29H22N6O. The number of aryl methyl sites for hydroxylation is 1. The third-order valence-corrected chi connectivity index (χ3v) is 6.00. The third-order valence-electron chi connectivity index (χ3n) is 6.00. The quantitative estimate of drug-likeness (QED) is 0.345. The van der Waals surface area contributed by atoms with Crippen LogP contribution in [0.2, 0.25) is 0 Å². The normalized spacial score (nSPS) is 11.1. The minimum atomic E-state index is -0.250. The molecule has 36 heavy (non-hydrogen) atoms. The number of benzene rings is 2. The molecule has 6 aromatic rings. The fraction of sp³-hybridized carbons (Fsp3) is 0.0690. The zero-order valence-corrected chi connectivity index (χ0v) is 19.6. The van der Waals surface area contributed by atoms with Crippen LogP contribution in [-0.4, -0.2) is 24.9 Å². The molecule has 0 aliphatic rings. The van der Waals surface area contributed by atoms with Crippen LogP contribution in [0.25, 0.3) is 44.6 Å². The monoisotopic (exact) mass is 470 g/mol. The van der Waals surface area contributed by atoms with Crippen LogP contribution in [0, 0.1) is 6.92 Å². The van der Waals surface area contributed by atoms with E-state index in [4.69, 9.17) is 9.97 Å². The van der Waals surface area contributed by atoms with Gasteiger partial charge in [-0.05, 0) is 37.3 Å². The summed E-state index contributed by atoms with van der Waals surface area (Å²) in [6.45, 7) is 2.41. The van der Waals surface area contributed by atoms with Crippen LogP contribution in [0.3, 0.4) is 0 Å². The van der Waals surface area contributed by atoms with Crippen molar-refractivity contribution in [2.45, 2.75) is 13.5 Å². The molecule has 2 N–H and O–H groups in total. The number of aromatic nitrogens is 5. The predicted molar refractivity (Wildman–Crippen MR) is 143 cm³/mol. The van der Waals surface area contributed by atoms with Gasteiger partial charge in [0, 0.05) is 34.5 Å². The van der Waals surface area contributed by atoms with Crippen molar-refractivity contribution in [3.63, 3.8) is 0 Å². The van der Waals surface area contributed by atoms with Crippen molar-refractivity contribution in [3.05, 3.63) is 113 Å². The van der Waals surface area contributed by atoms with E-state index < -0.39 is 0 Å². The number of nitrogens with zero attached hydrogens (tertiary/aromatic N) is 4. The molecule has 0 aliphatic carbocycles. The second-order valence-electron chi connectivity index (χ2n) is 8.57. The summed E-state index contributed by atoms with van der Waals surface area (Å²) < 4.78 is 0. The summed E-state index contributed by atoms with van der Waals surface area (Å²) in [6.07, 6.45) is 1.78. The summed E-state index contributed by atoms with van der Waals surface area (Å²) >= 11 is 0. The van der Waals surface area contributed by atoms with Crippen molar-refractivity contribution in [2.75, 3.05) is 5.32 Å². The van der Waals surface area contributed by atoms with Crippen molar-refractivity contribution in [2.24, 2.45) is 0 Å². The molecule has 7 nitrogen and oxygen atoms in total. The Morgan fingerprint density at radius 2 is 1.67 bits per heavy atom. The van der Waals surface area contributed by atoms with Gasteiger partial charge in [-0.25, -0.2) is 9.97 Å². The molecule has 174 valence electrons. The fourth-order valence-corrected chi connectivity index (χ4v) is 4.30. The van der Waals surface area contributed by atoms with Gasteiger partial charge in [0.2, 0.25) is 0 Å². The van der Waals surface area contributed by atoms with Crippen LogP contribution >= 0.6 is 0 Å². The van der Waals surface area contributed by atoms with E-state index in [-0.39, 0.29) is 5.56 Å². The Hall–Kier alpha value is -4.91. The number of hydrogen-bond donors (Lipinski definition) is 2. The summed E-state index contributed by atoms with van der Waals surface area (Å²) in [4.78, 5) is 34.3. The highest BCUT2D eigenvalue weighted by atomic mass is 16.1. The summed E-state index contributed by atoms with van der Waals surface area (Å²) in [5.41, 5.74) is 7.34. The number of hydrogen-bond acceptors (Lipinski definition) is 6. The first-order chi connectivity index (χ1) is 17.6. The second-order valence-corrected chi connectivity index (χ2v) is 8.57. The Morgan fingerprint density at radius 1 is 0.806 bits per heavy atom. The Labute approximate surface area is 207 Å². The maximum atomic E-state index is 12.5. The highest BCUT2D eigenvalue weighted by Gasteiger charge is 2.17. The van der Waals surface area contributed by atoms with Gasteiger partial charge in [-0.3, -0.25) is 14.8 Å². The van der Waals surface area contributed by atoms with Crippen molar-refractivity contribution in [1.29, 1.82) is 0 Å². The lowest BCUT2D eigenvalue weighted by Crippen LogP contribution is -2.12. The Bertz CT molecular complexity index is 1780. The van der Waals surface area contributed by atoms with Crippen LogP contribution in [0.4, 0.5) is 5.69 Å². The lowest BCUT2D eigenvalue weighted by molar-refractivity contribution is 1.01. The van der Waals surface area contributed by atoms with E-state index in [0.717, 1.165) is 39.1 Å². The predicted octanol–water partition coefficient (Wildman–Crippen LogP) is 5.52. The standard InChI is InChI=1S/C29H22N6O/c1-18-7-5-11-22(32-18)17-31-24-16-25(36)33-29-28(24)34-27(26(35-29)19-8-3-2-4-9-19)21-12-13-23-20(15-21)10-6-14-30-23/h2-16H,17H2,1H3,(H2,31,33,35,36). The fourth-order valence-electron chi connectivity index (χ4n) is 4.30. The van der Waals surface area contributed by atoms with Gasteiger partial charge in [-0.2, -0.15) is 0 Å². The van der Waals surface area contributed by atoms with Crippen LogP contribution < -0.4 is 10.9 Å². The van der Waals surface area contributed by atoms with E-state index in [0.29, 0.717) is 29.1 Å². The molecule has 2 aromatic carbocycles. The number of pyridine rings is 3. The first-order valence-corrected chi connectivity index (χ1v) is 11.7. The number of aromatic amines is 1. The number of nitrogens with one attached hydrogen (secondary N) is 2. The van der Waals surface area contributed by atoms with Gasteiger partial charge in [-0.15, -0.1) is 0 Å². The van der Waals surface area contributed by atoms with Gasteiger partial charge in [0.05, 0.1) is 34.8 Å². The van der Waals surface area contributed by atoms with E-state index in [9.17, 15) is 4.79 Å². The minimum Gasteiger partial charge on any atom is -0.377 e. The summed E-state index contributed by atoms with van der Waals surface area (Å²) in [5.74, 6) is 0. The SMILES string of the molecule is Cc1cccc(CNc2cc(=O)[nH]c3nc(-c4ccccc4)c(-c4ccc5ncccc5c4)nc23)n1. The molecule has 7 heteroatoms. The molecule has 0 saturated carbocycles. The first kappa shape index (κ1) is 21.6. The van der Waals surface area contributed by atoms with E-state index in [2.05, 4.69) is 26.3 Å². The average Bonchev–Trinajstić information content (AvgIpc) is 2.91. The molecule has 0 spiro atoms. The Kier molecular flexibility index (Phi) is 5.42. The van der Waals surface area contributed by atoms with Gasteiger partial charge < -0.3 is 10.3 Å². The van der Waals surface area contributed by atoms with Gasteiger partial charge in [0.25, 0.3) is 5.56 Å². The van der Waals surface area contributed by atoms with Crippen LogP contribution in [0.5, 0.6) is 0 Å². The molecule has 4 aromatic heterocycles. The lowest BCUT2D eigenvalue weighted by Gasteiger charge is -2.14. The topological polar surface area (TPSA) is 96.5 Å². The number of H-pyrrole nitrogens is 1. The third kappa shape index (κ3) is 4.18. The second kappa shape index (κ2) is 9.03. The highest BCUT2D eigenvalue weighted by molar-refractivity contribution is 5.93. The zero-order valence-electron chi connectivity index (χ0n) is 19.6. The molecule has 0 fully saturated rings. The van der Waals surface area contributed by atoms with Crippen molar-refractivity contribution < 1.29 is 0 Å². The van der Waals surface area contributed by atoms with E-state index >= 15 is 0 Å². The largest absolute Gasteiger partial charge is 0.377 e. The number of fused-ring (bicyclic) bond motifs is 2. The van der Waals surface area contributed by atoms with Gasteiger partial charge in [0.15, 0.2) is 5.65 Å². The van der Waals surface area contributed by atoms with E-state index in [1.807, 2.05) is 79.7 Å². The molecular weight excluding hydrogens is 448 g/mol. The zero-order chi connectivity index (χ0) is 24.5. The first-order valence-electron chi connectivity index (χ1n) is 11.7. The van der Waals surface area contributed by atoms with E-state index in [1.165, 1.54) is 6.07 Å². The molecule has 4 heterocycles. The molecule has 0 amide bonds. The van der Waals surface area contributed by atoms with Crippen molar-refractivity contribution in [1.82, 2.24) is 24.9 Å². The molecule has 0 bridgehead atoms. The summed E-state index contributed by atoms with van der Waals surface area (Å²) in [7, 11) is 0. The van der Waals surface area contributed by atoms with Crippen molar-refractivity contribution in [3.8, 4) is 22.5 Å².